The van der Waals surface area contributed by atoms with E-state index in [4.69, 9.17) is 4.74 Å². The van der Waals surface area contributed by atoms with Gasteiger partial charge in [-0.05, 0) is 17.7 Å². The van der Waals surface area contributed by atoms with Crippen molar-refractivity contribution in [2.45, 2.75) is 18.9 Å². The summed E-state index contributed by atoms with van der Waals surface area (Å²) in [6.45, 7) is 0.300. The number of anilines is 1. The lowest BCUT2D eigenvalue weighted by molar-refractivity contribution is -0.145. The fraction of sp³-hybridized carbons (Fsp3) is 0.286. The zero-order valence-electron chi connectivity index (χ0n) is 15.1. The van der Waals surface area contributed by atoms with Gasteiger partial charge in [0, 0.05) is 25.1 Å². The van der Waals surface area contributed by atoms with Gasteiger partial charge in [0.1, 0.15) is 6.04 Å². The van der Waals surface area contributed by atoms with E-state index in [2.05, 4.69) is 5.32 Å². The molecule has 1 saturated heterocycles. The van der Waals surface area contributed by atoms with Gasteiger partial charge >= 0.3 is 5.97 Å². The number of para-hydroxylation sites is 1. The highest BCUT2D eigenvalue weighted by molar-refractivity contribution is 6.00. The van der Waals surface area contributed by atoms with Crippen LogP contribution >= 0.6 is 0 Å². The molecule has 0 spiro atoms. The lowest BCUT2D eigenvalue weighted by Gasteiger charge is -2.20. The average molecular weight is 366 g/mol. The monoisotopic (exact) mass is 366 g/mol. The first kappa shape index (κ1) is 18.6. The number of ether oxygens (including phenoxy) is 1. The molecule has 140 valence electrons. The molecule has 6 heteroatoms. The van der Waals surface area contributed by atoms with E-state index in [9.17, 15) is 14.4 Å². The van der Waals surface area contributed by atoms with Crippen molar-refractivity contribution in [3.8, 4) is 0 Å². The third-order valence-corrected chi connectivity index (χ3v) is 4.65. The lowest BCUT2D eigenvalue weighted by atomic mass is 10.0. The second kappa shape index (κ2) is 8.49. The summed E-state index contributed by atoms with van der Waals surface area (Å²) in [5, 5.41) is 2.76. The minimum absolute atomic E-state index is 0.0981. The van der Waals surface area contributed by atoms with Gasteiger partial charge in [-0.3, -0.25) is 9.59 Å². The smallest absolute Gasteiger partial charge is 0.328 e. The van der Waals surface area contributed by atoms with E-state index in [1.54, 1.807) is 4.90 Å². The van der Waals surface area contributed by atoms with Gasteiger partial charge in [-0.25, -0.2) is 4.79 Å². The van der Waals surface area contributed by atoms with Gasteiger partial charge < -0.3 is 15.0 Å². The second-order valence-corrected chi connectivity index (χ2v) is 6.51. The largest absolute Gasteiger partial charge is 0.467 e. The highest BCUT2D eigenvalue weighted by atomic mass is 16.5. The number of nitrogens with zero attached hydrogens (tertiary/aromatic N) is 1. The standard InChI is InChI=1S/C21H22N2O4/c1-27-21(26)18(12-15-8-4-2-5-9-15)22-20(25)16-13-19(24)23(14-16)17-10-6-3-7-11-17/h2-11,16,18H,12-14H2,1H3,(H,22,25)/t16-,18+/m1/s1. The Kier molecular flexibility index (Phi) is 5.86. The summed E-state index contributed by atoms with van der Waals surface area (Å²) in [5.74, 6) is -1.41. The maximum atomic E-state index is 12.7. The van der Waals surface area contributed by atoms with Crippen molar-refractivity contribution in [3.05, 3.63) is 66.2 Å². The lowest BCUT2D eigenvalue weighted by Crippen LogP contribution is -2.46. The van der Waals surface area contributed by atoms with Crippen LogP contribution < -0.4 is 10.2 Å². The predicted octanol–water partition coefficient (Wildman–Crippen LogP) is 1.94. The number of benzene rings is 2. The van der Waals surface area contributed by atoms with Gasteiger partial charge in [-0.15, -0.1) is 0 Å². The normalized spacial score (nSPS) is 17.4. The first-order chi connectivity index (χ1) is 13.1. The van der Waals surface area contributed by atoms with E-state index in [1.807, 2.05) is 60.7 Å². The molecule has 3 rings (SSSR count). The maximum absolute atomic E-state index is 12.7. The first-order valence-corrected chi connectivity index (χ1v) is 8.86. The molecule has 0 radical (unpaired) electrons. The molecule has 27 heavy (non-hydrogen) atoms. The quantitative estimate of drug-likeness (QED) is 0.793. The third-order valence-electron chi connectivity index (χ3n) is 4.65. The Morgan fingerprint density at radius 1 is 1.11 bits per heavy atom. The number of carbonyl (C=O) groups is 3. The third kappa shape index (κ3) is 4.53. The average Bonchev–Trinajstić information content (AvgIpc) is 3.10. The van der Waals surface area contributed by atoms with Crippen molar-refractivity contribution < 1.29 is 19.1 Å². The Morgan fingerprint density at radius 3 is 2.37 bits per heavy atom. The molecule has 1 heterocycles. The van der Waals surface area contributed by atoms with E-state index >= 15 is 0 Å². The molecule has 2 atom stereocenters. The highest BCUT2D eigenvalue weighted by Gasteiger charge is 2.36. The van der Waals surface area contributed by atoms with Crippen molar-refractivity contribution in [1.82, 2.24) is 5.32 Å². The van der Waals surface area contributed by atoms with Crippen molar-refractivity contribution in [1.29, 1.82) is 0 Å². The van der Waals surface area contributed by atoms with Crippen molar-refractivity contribution in [2.24, 2.45) is 5.92 Å². The van der Waals surface area contributed by atoms with Crippen LogP contribution in [0.25, 0.3) is 0 Å². The summed E-state index contributed by atoms with van der Waals surface area (Å²) in [6, 6.07) is 17.9. The number of rotatable bonds is 6. The van der Waals surface area contributed by atoms with Crippen LogP contribution in [0.1, 0.15) is 12.0 Å². The molecule has 0 aromatic heterocycles. The fourth-order valence-electron chi connectivity index (χ4n) is 3.22. The molecule has 0 saturated carbocycles. The molecule has 6 nitrogen and oxygen atoms in total. The molecule has 1 fully saturated rings. The van der Waals surface area contributed by atoms with E-state index in [-0.39, 0.29) is 18.2 Å². The summed E-state index contributed by atoms with van der Waals surface area (Å²) < 4.78 is 4.83. The van der Waals surface area contributed by atoms with E-state index in [1.165, 1.54) is 7.11 Å². The second-order valence-electron chi connectivity index (χ2n) is 6.51. The predicted molar refractivity (Wildman–Crippen MR) is 101 cm³/mol. The first-order valence-electron chi connectivity index (χ1n) is 8.86. The maximum Gasteiger partial charge on any atom is 0.328 e. The number of nitrogens with one attached hydrogen (secondary N) is 1. The number of carbonyl (C=O) groups excluding carboxylic acids is 3. The molecule has 2 amide bonds. The minimum Gasteiger partial charge on any atom is -0.467 e. The summed E-state index contributed by atoms with van der Waals surface area (Å²) in [6.07, 6.45) is 0.461. The van der Waals surface area contributed by atoms with Gasteiger partial charge in [0.2, 0.25) is 11.8 Å². The van der Waals surface area contributed by atoms with E-state index in [0.29, 0.717) is 13.0 Å². The van der Waals surface area contributed by atoms with Crippen LogP contribution in [0, 0.1) is 5.92 Å². The number of methoxy groups -OCH3 is 1. The number of amides is 2. The molecule has 2 aromatic carbocycles. The van der Waals surface area contributed by atoms with Crippen LogP contribution in [0.5, 0.6) is 0 Å². The Bertz CT molecular complexity index is 807. The van der Waals surface area contributed by atoms with E-state index in [0.717, 1.165) is 11.3 Å². The Morgan fingerprint density at radius 2 is 1.74 bits per heavy atom. The summed E-state index contributed by atoms with van der Waals surface area (Å²) in [7, 11) is 1.29. The van der Waals surface area contributed by atoms with Crippen LogP contribution in [-0.4, -0.2) is 37.5 Å². The molecule has 0 aliphatic carbocycles. The minimum atomic E-state index is -0.786. The zero-order chi connectivity index (χ0) is 19.2. The molecule has 1 N–H and O–H groups in total. The van der Waals surface area contributed by atoms with Gasteiger partial charge in [-0.1, -0.05) is 48.5 Å². The SMILES string of the molecule is COC(=O)[C@H](Cc1ccccc1)NC(=O)[C@@H]1CC(=O)N(c2ccccc2)C1. The Hall–Kier alpha value is -3.15. The highest BCUT2D eigenvalue weighted by Crippen LogP contribution is 2.25. The Balaban J connectivity index is 1.67. The van der Waals surface area contributed by atoms with Crippen LogP contribution in [0.2, 0.25) is 0 Å². The topological polar surface area (TPSA) is 75.7 Å². The van der Waals surface area contributed by atoms with Gasteiger partial charge in [-0.2, -0.15) is 0 Å². The van der Waals surface area contributed by atoms with Gasteiger partial charge in [0.15, 0.2) is 0 Å². The number of esters is 1. The van der Waals surface area contributed by atoms with Crippen molar-refractivity contribution in [3.63, 3.8) is 0 Å². The Labute approximate surface area is 158 Å². The van der Waals surface area contributed by atoms with Crippen LogP contribution in [-0.2, 0) is 25.5 Å². The molecular formula is C21H22N2O4. The molecule has 0 unspecified atom stereocenters. The number of hydrogen-bond acceptors (Lipinski definition) is 4. The van der Waals surface area contributed by atoms with Gasteiger partial charge in [0.25, 0.3) is 0 Å². The van der Waals surface area contributed by atoms with Gasteiger partial charge in [0.05, 0.1) is 13.0 Å². The molecular weight excluding hydrogens is 344 g/mol. The van der Waals surface area contributed by atoms with Crippen LogP contribution in [0.15, 0.2) is 60.7 Å². The van der Waals surface area contributed by atoms with Crippen LogP contribution in [0.3, 0.4) is 0 Å². The molecule has 2 aromatic rings. The number of hydrogen-bond donors (Lipinski definition) is 1. The summed E-state index contributed by atoms with van der Waals surface area (Å²) in [4.78, 5) is 38.7. The fourth-order valence-corrected chi connectivity index (χ4v) is 3.22. The van der Waals surface area contributed by atoms with Crippen molar-refractivity contribution >= 4 is 23.5 Å². The zero-order valence-corrected chi connectivity index (χ0v) is 15.1. The summed E-state index contributed by atoms with van der Waals surface area (Å²) in [5.41, 5.74) is 1.69. The van der Waals surface area contributed by atoms with Crippen molar-refractivity contribution in [2.75, 3.05) is 18.6 Å². The molecule has 0 bridgehead atoms. The summed E-state index contributed by atoms with van der Waals surface area (Å²) >= 11 is 0. The van der Waals surface area contributed by atoms with Crippen LogP contribution in [0.4, 0.5) is 5.69 Å². The van der Waals surface area contributed by atoms with E-state index < -0.39 is 17.9 Å². The molecule has 1 aliphatic rings. The molecule has 1 aliphatic heterocycles.